The molecule has 9 heteroatoms. The predicted octanol–water partition coefficient (Wildman–Crippen LogP) is 3.78. The minimum atomic E-state index is -0.768. The summed E-state index contributed by atoms with van der Waals surface area (Å²) in [7, 11) is 0. The summed E-state index contributed by atoms with van der Waals surface area (Å²) in [6, 6.07) is 10.0. The molecular weight excluding hydrogens is 354 g/mol. The smallest absolute Gasteiger partial charge is 0.221 e. The molecule has 7 nitrogen and oxygen atoms in total. The Morgan fingerprint density at radius 1 is 0.963 bits per heavy atom. The van der Waals surface area contributed by atoms with Crippen LogP contribution in [-0.2, 0) is 4.79 Å². The quantitative estimate of drug-likeness (QED) is 0.545. The lowest BCUT2D eigenvalue weighted by atomic mass is 10.2. The van der Waals surface area contributed by atoms with Gasteiger partial charge in [0, 0.05) is 24.4 Å². The van der Waals surface area contributed by atoms with E-state index >= 15 is 0 Å². The third-order valence-electron chi connectivity index (χ3n) is 3.54. The molecule has 0 radical (unpaired) electrons. The number of carbonyl (C=O) groups excluding carboxylic acids is 1. The first-order valence-electron chi connectivity index (χ1n) is 7.89. The van der Waals surface area contributed by atoms with Crippen molar-refractivity contribution in [3.05, 3.63) is 60.4 Å². The van der Waals surface area contributed by atoms with E-state index in [9.17, 15) is 13.6 Å². The number of nitrogens with zero attached hydrogens (tertiary/aromatic N) is 2. The molecule has 0 atom stereocenters. The highest BCUT2D eigenvalue weighted by molar-refractivity contribution is 5.89. The molecule has 27 heavy (non-hydrogen) atoms. The van der Waals surface area contributed by atoms with Gasteiger partial charge in [-0.15, -0.1) is 0 Å². The normalized spacial score (nSPS) is 10.3. The number of nitrogen functional groups attached to an aromatic ring is 1. The highest BCUT2D eigenvalue weighted by atomic mass is 19.1. The molecule has 3 rings (SSSR count). The Hall–Kier alpha value is -3.75. The van der Waals surface area contributed by atoms with Gasteiger partial charge < -0.3 is 21.7 Å². The highest BCUT2D eigenvalue weighted by Crippen LogP contribution is 2.29. The predicted molar refractivity (Wildman–Crippen MR) is 100 cm³/mol. The number of nitrogens with one attached hydrogen (secondary N) is 3. The average Bonchev–Trinajstić information content (AvgIpc) is 2.62. The minimum absolute atomic E-state index is 0.0346. The summed E-state index contributed by atoms with van der Waals surface area (Å²) >= 11 is 0. The fourth-order valence-corrected chi connectivity index (χ4v) is 2.29. The summed E-state index contributed by atoms with van der Waals surface area (Å²) in [4.78, 5) is 19.1. The lowest BCUT2D eigenvalue weighted by Crippen LogP contribution is -2.07. The summed E-state index contributed by atoms with van der Waals surface area (Å²) in [5, 5.41) is 8.40. The number of aromatic nitrogens is 2. The van der Waals surface area contributed by atoms with Crippen LogP contribution >= 0.6 is 0 Å². The molecule has 5 N–H and O–H groups in total. The molecular formula is C18H16F2N6O. The first-order valence-corrected chi connectivity index (χ1v) is 7.89. The van der Waals surface area contributed by atoms with Gasteiger partial charge in [-0.05, 0) is 36.4 Å². The Kier molecular flexibility index (Phi) is 5.11. The van der Waals surface area contributed by atoms with Gasteiger partial charge in [0.15, 0.2) is 11.6 Å². The number of hydrogen-bond acceptors (Lipinski definition) is 6. The Balaban J connectivity index is 1.79. The molecule has 1 aromatic heterocycles. The largest absolute Gasteiger partial charge is 0.393 e. The first kappa shape index (κ1) is 18.1. The molecule has 1 amide bonds. The second-order valence-corrected chi connectivity index (χ2v) is 5.62. The zero-order valence-electron chi connectivity index (χ0n) is 14.3. The van der Waals surface area contributed by atoms with Crippen LogP contribution in [0.5, 0.6) is 0 Å². The molecule has 2 aromatic carbocycles. The van der Waals surface area contributed by atoms with Crippen LogP contribution < -0.4 is 21.7 Å². The highest BCUT2D eigenvalue weighted by Gasteiger charge is 2.11. The van der Waals surface area contributed by atoms with Gasteiger partial charge in [-0.25, -0.2) is 18.7 Å². The number of benzene rings is 2. The van der Waals surface area contributed by atoms with E-state index in [1.165, 1.54) is 19.3 Å². The van der Waals surface area contributed by atoms with Gasteiger partial charge in [-0.3, -0.25) is 4.79 Å². The van der Waals surface area contributed by atoms with Crippen LogP contribution in [0.1, 0.15) is 6.92 Å². The van der Waals surface area contributed by atoms with Crippen molar-refractivity contribution in [3.8, 4) is 0 Å². The summed E-state index contributed by atoms with van der Waals surface area (Å²) in [5.41, 5.74) is 7.57. The van der Waals surface area contributed by atoms with Gasteiger partial charge in [0.2, 0.25) is 5.91 Å². The molecule has 0 bridgehead atoms. The molecule has 138 valence electrons. The number of carbonyl (C=O) groups is 1. The van der Waals surface area contributed by atoms with Gasteiger partial charge in [0.25, 0.3) is 0 Å². The Bertz CT molecular complexity index is 978. The topological polar surface area (TPSA) is 105 Å². The number of anilines is 6. The fourth-order valence-electron chi connectivity index (χ4n) is 2.29. The standard InChI is InChI=1S/C18H16F2N6O/c1-10(27)24-12-3-5-13(6-4-12)25-17-16(21)18(23-9-22-17)26-15-7-2-11(19)8-14(15)20/h2-9H,21H2,1H3,(H,24,27)(H2,22,23,25,26). The molecule has 0 saturated heterocycles. The van der Waals surface area contributed by atoms with Gasteiger partial charge in [0.05, 0.1) is 5.69 Å². The van der Waals surface area contributed by atoms with E-state index < -0.39 is 11.6 Å². The van der Waals surface area contributed by atoms with E-state index in [2.05, 4.69) is 25.9 Å². The number of halogens is 2. The van der Waals surface area contributed by atoms with Crippen molar-refractivity contribution in [1.29, 1.82) is 0 Å². The average molecular weight is 370 g/mol. The van der Waals surface area contributed by atoms with E-state index in [0.29, 0.717) is 17.2 Å². The zero-order chi connectivity index (χ0) is 19.4. The Morgan fingerprint density at radius 2 is 1.59 bits per heavy atom. The maximum Gasteiger partial charge on any atom is 0.221 e. The summed E-state index contributed by atoms with van der Waals surface area (Å²) < 4.78 is 26.8. The lowest BCUT2D eigenvalue weighted by Gasteiger charge is -2.13. The van der Waals surface area contributed by atoms with E-state index in [0.717, 1.165) is 12.1 Å². The van der Waals surface area contributed by atoms with Crippen molar-refractivity contribution in [2.45, 2.75) is 6.92 Å². The van der Waals surface area contributed by atoms with Gasteiger partial charge >= 0.3 is 0 Å². The van der Waals surface area contributed by atoms with Crippen molar-refractivity contribution in [2.75, 3.05) is 21.7 Å². The van der Waals surface area contributed by atoms with Crippen molar-refractivity contribution >= 4 is 40.3 Å². The summed E-state index contributed by atoms with van der Waals surface area (Å²) in [6.45, 7) is 1.42. The van der Waals surface area contributed by atoms with Gasteiger partial charge in [-0.1, -0.05) is 0 Å². The molecule has 0 spiro atoms. The number of rotatable bonds is 5. The molecule has 0 aliphatic heterocycles. The second kappa shape index (κ2) is 7.65. The Labute approximate surface area is 153 Å². The van der Waals surface area contributed by atoms with Crippen LogP contribution in [0, 0.1) is 11.6 Å². The van der Waals surface area contributed by atoms with Crippen LogP contribution in [0.2, 0.25) is 0 Å². The van der Waals surface area contributed by atoms with E-state index in [-0.39, 0.29) is 23.1 Å². The Morgan fingerprint density at radius 3 is 2.22 bits per heavy atom. The molecule has 0 unspecified atom stereocenters. The van der Waals surface area contributed by atoms with Crippen LogP contribution in [0.15, 0.2) is 48.8 Å². The van der Waals surface area contributed by atoms with Gasteiger partial charge in [-0.2, -0.15) is 0 Å². The minimum Gasteiger partial charge on any atom is -0.393 e. The number of hydrogen-bond donors (Lipinski definition) is 4. The monoisotopic (exact) mass is 370 g/mol. The summed E-state index contributed by atoms with van der Waals surface area (Å²) in [5.74, 6) is -1.13. The lowest BCUT2D eigenvalue weighted by molar-refractivity contribution is -0.114. The maximum atomic E-state index is 13.8. The third kappa shape index (κ3) is 4.46. The maximum absolute atomic E-state index is 13.8. The third-order valence-corrected chi connectivity index (χ3v) is 3.54. The zero-order valence-corrected chi connectivity index (χ0v) is 14.3. The SMILES string of the molecule is CC(=O)Nc1ccc(Nc2ncnc(Nc3ccc(F)cc3F)c2N)cc1. The van der Waals surface area contributed by atoms with E-state index in [1.54, 1.807) is 24.3 Å². The van der Waals surface area contributed by atoms with Crippen LogP contribution in [0.25, 0.3) is 0 Å². The second-order valence-electron chi connectivity index (χ2n) is 5.62. The van der Waals surface area contributed by atoms with Crippen LogP contribution in [0.3, 0.4) is 0 Å². The van der Waals surface area contributed by atoms with Crippen molar-refractivity contribution < 1.29 is 13.6 Å². The fraction of sp³-hybridized carbons (Fsp3) is 0.0556. The number of amides is 1. The molecule has 0 fully saturated rings. The van der Waals surface area contributed by atoms with Gasteiger partial charge in [0.1, 0.15) is 23.6 Å². The number of nitrogens with two attached hydrogens (primary N) is 1. The van der Waals surface area contributed by atoms with E-state index in [1.807, 2.05) is 0 Å². The molecule has 0 aliphatic rings. The van der Waals surface area contributed by atoms with Crippen molar-refractivity contribution in [1.82, 2.24) is 9.97 Å². The van der Waals surface area contributed by atoms with Crippen molar-refractivity contribution in [3.63, 3.8) is 0 Å². The van der Waals surface area contributed by atoms with Crippen LogP contribution in [-0.4, -0.2) is 15.9 Å². The summed E-state index contributed by atoms with van der Waals surface area (Å²) in [6.07, 6.45) is 1.26. The molecule has 0 aliphatic carbocycles. The molecule has 1 heterocycles. The van der Waals surface area contributed by atoms with Crippen molar-refractivity contribution in [2.24, 2.45) is 0 Å². The first-order chi connectivity index (χ1) is 12.9. The molecule has 0 saturated carbocycles. The molecule has 3 aromatic rings. The van der Waals surface area contributed by atoms with E-state index in [4.69, 9.17) is 5.73 Å². The van der Waals surface area contributed by atoms with Crippen LogP contribution in [0.4, 0.5) is 43.2 Å².